The van der Waals surface area contributed by atoms with Gasteiger partial charge in [0.05, 0.1) is 11.6 Å². The van der Waals surface area contributed by atoms with Crippen LogP contribution in [0.3, 0.4) is 0 Å². The maximum atomic E-state index is 11.0. The highest BCUT2D eigenvalue weighted by Crippen LogP contribution is 2.29. The minimum absolute atomic E-state index is 0.260. The van der Waals surface area contributed by atoms with E-state index in [0.717, 1.165) is 49.7 Å². The summed E-state index contributed by atoms with van der Waals surface area (Å²) in [5, 5.41) is 11.6. The molecular weight excluding hydrogens is 450 g/mol. The molecule has 0 atom stereocenters. The molecule has 7 heteroatoms. The van der Waals surface area contributed by atoms with Crippen molar-refractivity contribution >= 4 is 11.6 Å². The van der Waals surface area contributed by atoms with Crippen molar-refractivity contribution in [2.24, 2.45) is 0 Å². The molecule has 1 fully saturated rings. The number of rotatable bonds is 10. The van der Waals surface area contributed by atoms with E-state index in [2.05, 4.69) is 26.6 Å². The van der Waals surface area contributed by atoms with Gasteiger partial charge in [0, 0.05) is 38.6 Å². The number of aryl methyl sites for hydroxylation is 3. The Bertz CT molecular complexity index is 1060. The Kier molecular flexibility index (Phi) is 8.14. The molecule has 0 bridgehead atoms. The average molecular weight is 484 g/mol. The SMILES string of the molecule is Cc1ccc(Cl)c(OCC2(O)CCN(Cc3ccc(OCCCn4ccnc4C)cc3)CC2)c1. The summed E-state index contributed by atoms with van der Waals surface area (Å²) in [5.41, 5.74) is 1.51. The number of nitrogens with zero attached hydrogens (tertiary/aromatic N) is 3. The molecule has 4 rings (SSSR count). The van der Waals surface area contributed by atoms with Gasteiger partial charge in [0.1, 0.15) is 29.5 Å². The molecular formula is C27H34ClN3O3. The maximum Gasteiger partial charge on any atom is 0.138 e. The predicted octanol–water partition coefficient (Wildman–Crippen LogP) is 5.03. The Morgan fingerprint density at radius 3 is 2.53 bits per heavy atom. The van der Waals surface area contributed by atoms with Gasteiger partial charge in [0.15, 0.2) is 0 Å². The van der Waals surface area contributed by atoms with Crippen molar-refractivity contribution in [3.05, 3.63) is 76.8 Å². The van der Waals surface area contributed by atoms with E-state index in [4.69, 9.17) is 21.1 Å². The number of benzene rings is 2. The molecule has 0 unspecified atom stereocenters. The van der Waals surface area contributed by atoms with Crippen LogP contribution in [0.15, 0.2) is 54.9 Å². The normalized spacial score (nSPS) is 15.9. The maximum absolute atomic E-state index is 11.0. The lowest BCUT2D eigenvalue weighted by Crippen LogP contribution is -2.47. The van der Waals surface area contributed by atoms with Gasteiger partial charge in [-0.25, -0.2) is 4.98 Å². The number of imidazole rings is 1. The zero-order valence-electron chi connectivity index (χ0n) is 20.0. The van der Waals surface area contributed by atoms with Crippen LogP contribution in [-0.2, 0) is 13.1 Å². The van der Waals surface area contributed by atoms with Crippen LogP contribution in [0.2, 0.25) is 5.02 Å². The monoisotopic (exact) mass is 483 g/mol. The van der Waals surface area contributed by atoms with E-state index in [-0.39, 0.29) is 6.61 Å². The lowest BCUT2D eigenvalue weighted by molar-refractivity contribution is -0.0537. The molecule has 0 saturated carbocycles. The van der Waals surface area contributed by atoms with Gasteiger partial charge in [0.25, 0.3) is 0 Å². The summed E-state index contributed by atoms with van der Waals surface area (Å²) < 4.78 is 13.9. The minimum Gasteiger partial charge on any atom is -0.494 e. The Balaban J connectivity index is 1.18. The summed E-state index contributed by atoms with van der Waals surface area (Å²) in [6.07, 6.45) is 6.11. The number of halogens is 1. The Morgan fingerprint density at radius 1 is 1.06 bits per heavy atom. The van der Waals surface area contributed by atoms with Crippen molar-refractivity contribution < 1.29 is 14.6 Å². The summed E-state index contributed by atoms with van der Waals surface area (Å²) >= 11 is 6.22. The van der Waals surface area contributed by atoms with Crippen molar-refractivity contribution in [3.8, 4) is 11.5 Å². The van der Waals surface area contributed by atoms with Crippen molar-refractivity contribution in [1.29, 1.82) is 0 Å². The molecule has 0 radical (unpaired) electrons. The van der Waals surface area contributed by atoms with E-state index in [1.54, 1.807) is 0 Å². The van der Waals surface area contributed by atoms with E-state index in [9.17, 15) is 5.11 Å². The quantitative estimate of drug-likeness (QED) is 0.410. The van der Waals surface area contributed by atoms with Crippen LogP contribution in [0.4, 0.5) is 0 Å². The van der Waals surface area contributed by atoms with E-state index in [1.807, 2.05) is 56.6 Å². The largest absolute Gasteiger partial charge is 0.494 e. The van der Waals surface area contributed by atoms with E-state index < -0.39 is 5.60 Å². The van der Waals surface area contributed by atoms with Gasteiger partial charge in [-0.05, 0) is 68.5 Å². The predicted molar refractivity (Wildman–Crippen MR) is 135 cm³/mol. The van der Waals surface area contributed by atoms with Crippen LogP contribution in [0.5, 0.6) is 11.5 Å². The zero-order chi connectivity index (χ0) is 24.0. The molecule has 6 nitrogen and oxygen atoms in total. The highest BCUT2D eigenvalue weighted by molar-refractivity contribution is 6.32. The average Bonchev–Trinajstić information content (AvgIpc) is 3.24. The number of aromatic nitrogens is 2. The molecule has 1 saturated heterocycles. The molecule has 1 N–H and O–H groups in total. The molecule has 34 heavy (non-hydrogen) atoms. The van der Waals surface area contributed by atoms with Gasteiger partial charge < -0.3 is 19.1 Å². The van der Waals surface area contributed by atoms with Crippen molar-refractivity contribution in [1.82, 2.24) is 14.5 Å². The fourth-order valence-corrected chi connectivity index (χ4v) is 4.39. The Labute approximate surface area is 207 Å². The molecule has 1 aromatic heterocycles. The summed E-state index contributed by atoms with van der Waals surface area (Å²) in [4.78, 5) is 6.61. The first-order valence-corrected chi connectivity index (χ1v) is 12.3. The van der Waals surface area contributed by atoms with E-state index in [1.165, 1.54) is 5.56 Å². The van der Waals surface area contributed by atoms with Crippen LogP contribution in [-0.4, -0.2) is 51.5 Å². The molecule has 1 aliphatic heterocycles. The third-order valence-corrected chi connectivity index (χ3v) is 6.75. The third-order valence-electron chi connectivity index (χ3n) is 6.44. The lowest BCUT2D eigenvalue weighted by Gasteiger charge is -2.38. The second-order valence-corrected chi connectivity index (χ2v) is 9.64. The Morgan fingerprint density at radius 2 is 1.82 bits per heavy atom. The number of likely N-dealkylation sites (tertiary alicyclic amines) is 1. The number of ether oxygens (including phenoxy) is 2. The van der Waals surface area contributed by atoms with Gasteiger partial charge >= 0.3 is 0 Å². The molecule has 2 aromatic carbocycles. The summed E-state index contributed by atoms with van der Waals surface area (Å²) in [5.74, 6) is 2.56. The molecule has 3 aromatic rings. The standard InChI is InChI=1S/C27H34ClN3O3/c1-21-4-9-25(28)26(18-21)34-20-27(32)10-14-30(15-11-27)19-23-5-7-24(8-6-23)33-17-3-13-31-16-12-29-22(31)2/h4-9,12,16,18,32H,3,10-11,13-15,17,19-20H2,1-2H3. The highest BCUT2D eigenvalue weighted by atomic mass is 35.5. The summed E-state index contributed by atoms with van der Waals surface area (Å²) in [6.45, 7) is 8.38. The van der Waals surface area contributed by atoms with Crippen LogP contribution in [0.1, 0.15) is 36.2 Å². The fraction of sp³-hybridized carbons (Fsp3) is 0.444. The van der Waals surface area contributed by atoms with Crippen LogP contribution in [0.25, 0.3) is 0 Å². The highest BCUT2D eigenvalue weighted by Gasteiger charge is 2.33. The van der Waals surface area contributed by atoms with Crippen molar-refractivity contribution in [2.45, 2.75) is 51.8 Å². The molecule has 0 aliphatic carbocycles. The molecule has 0 amide bonds. The second kappa shape index (κ2) is 11.3. The molecule has 2 heterocycles. The lowest BCUT2D eigenvalue weighted by atomic mass is 9.92. The topological polar surface area (TPSA) is 59.8 Å². The van der Waals surface area contributed by atoms with Gasteiger partial charge in [0.2, 0.25) is 0 Å². The first kappa shape index (κ1) is 24.6. The van der Waals surface area contributed by atoms with E-state index >= 15 is 0 Å². The minimum atomic E-state index is -0.823. The van der Waals surface area contributed by atoms with Crippen LogP contribution >= 0.6 is 11.6 Å². The third kappa shape index (κ3) is 6.75. The van der Waals surface area contributed by atoms with Gasteiger partial charge in [-0.3, -0.25) is 4.90 Å². The number of piperidine rings is 1. The van der Waals surface area contributed by atoms with Crippen LogP contribution < -0.4 is 9.47 Å². The van der Waals surface area contributed by atoms with Gasteiger partial charge in [-0.2, -0.15) is 0 Å². The second-order valence-electron chi connectivity index (χ2n) is 9.24. The number of hydrogen-bond acceptors (Lipinski definition) is 5. The number of hydrogen-bond donors (Lipinski definition) is 1. The van der Waals surface area contributed by atoms with Crippen LogP contribution in [0, 0.1) is 13.8 Å². The van der Waals surface area contributed by atoms with Gasteiger partial charge in [-0.1, -0.05) is 29.8 Å². The molecule has 182 valence electrons. The first-order valence-electron chi connectivity index (χ1n) is 11.9. The first-order chi connectivity index (χ1) is 16.4. The van der Waals surface area contributed by atoms with Crippen molar-refractivity contribution in [2.75, 3.05) is 26.3 Å². The summed E-state index contributed by atoms with van der Waals surface area (Å²) in [6, 6.07) is 14.0. The van der Waals surface area contributed by atoms with Crippen molar-refractivity contribution in [3.63, 3.8) is 0 Å². The molecule has 1 aliphatic rings. The smallest absolute Gasteiger partial charge is 0.138 e. The summed E-state index contributed by atoms with van der Waals surface area (Å²) in [7, 11) is 0. The molecule has 0 spiro atoms. The Hall–Kier alpha value is -2.54. The van der Waals surface area contributed by atoms with E-state index in [0.29, 0.717) is 30.2 Å². The fourth-order valence-electron chi connectivity index (χ4n) is 4.22. The number of aliphatic hydroxyl groups is 1. The van der Waals surface area contributed by atoms with Gasteiger partial charge in [-0.15, -0.1) is 0 Å². The zero-order valence-corrected chi connectivity index (χ0v) is 20.8.